The Labute approximate surface area is 118 Å². The second kappa shape index (κ2) is 6.19. The van der Waals surface area contributed by atoms with Crippen molar-refractivity contribution in [1.82, 2.24) is 4.98 Å². The molecule has 1 aromatic heterocycles. The molecule has 9 heteroatoms. The largest absolute Gasteiger partial charge is 0.287 e. The molecule has 0 aliphatic carbocycles. The normalized spacial score (nSPS) is 10.5. The van der Waals surface area contributed by atoms with Crippen LogP contribution in [0.25, 0.3) is 0 Å². The number of nitrogens with one attached hydrogen (secondary N) is 1. The highest BCUT2D eigenvalue weighted by Crippen LogP contribution is 2.15. The smallest absolute Gasteiger partial charge is 0.261 e. The summed E-state index contributed by atoms with van der Waals surface area (Å²) in [5.74, 6) is 0.287. The molecule has 21 heavy (non-hydrogen) atoms. The van der Waals surface area contributed by atoms with Crippen LogP contribution < -0.4 is 5.43 Å². The molecule has 1 heterocycles. The third-order valence-electron chi connectivity index (χ3n) is 2.47. The lowest BCUT2D eigenvalue weighted by Gasteiger charge is -1.99. The van der Waals surface area contributed by atoms with E-state index < -0.39 is 9.85 Å². The molecule has 9 nitrogen and oxygen atoms in total. The highest BCUT2D eigenvalue weighted by atomic mass is 16.6. The van der Waals surface area contributed by atoms with Gasteiger partial charge in [0.25, 0.3) is 11.4 Å². The Morgan fingerprint density at radius 1 is 1.10 bits per heavy atom. The molecule has 0 amide bonds. The molecule has 2 aromatic rings. The van der Waals surface area contributed by atoms with E-state index in [9.17, 15) is 20.2 Å². The molecular weight excluding hydrogens is 278 g/mol. The average Bonchev–Trinajstić information content (AvgIpc) is 2.48. The second-order valence-corrected chi connectivity index (χ2v) is 3.84. The Bertz CT molecular complexity index is 699. The van der Waals surface area contributed by atoms with Gasteiger partial charge in [0, 0.05) is 12.1 Å². The fourth-order valence-corrected chi connectivity index (χ4v) is 1.49. The summed E-state index contributed by atoms with van der Waals surface area (Å²) in [6.45, 7) is 0. The maximum Gasteiger partial charge on any atom is 0.287 e. The van der Waals surface area contributed by atoms with E-state index >= 15 is 0 Å². The van der Waals surface area contributed by atoms with E-state index in [1.54, 1.807) is 18.2 Å². The number of hydrogen-bond donors (Lipinski definition) is 1. The number of aromatic nitrogens is 1. The Balaban J connectivity index is 2.09. The highest BCUT2D eigenvalue weighted by molar-refractivity contribution is 5.85. The van der Waals surface area contributed by atoms with Gasteiger partial charge in [0.1, 0.15) is 12.0 Å². The van der Waals surface area contributed by atoms with Crippen LogP contribution in [-0.4, -0.2) is 21.0 Å². The van der Waals surface area contributed by atoms with Crippen LogP contribution in [0.1, 0.15) is 5.56 Å². The predicted octanol–water partition coefficient (Wildman–Crippen LogP) is 2.34. The number of para-hydroxylation sites is 1. The summed E-state index contributed by atoms with van der Waals surface area (Å²) in [6, 6.07) is 8.78. The Morgan fingerprint density at radius 3 is 2.48 bits per heavy atom. The first-order valence-electron chi connectivity index (χ1n) is 5.71. The molecule has 0 bridgehead atoms. The van der Waals surface area contributed by atoms with Crippen molar-refractivity contribution >= 4 is 23.4 Å². The van der Waals surface area contributed by atoms with Crippen molar-refractivity contribution in [3.05, 3.63) is 68.4 Å². The van der Waals surface area contributed by atoms with Crippen LogP contribution in [0, 0.1) is 20.2 Å². The second-order valence-electron chi connectivity index (χ2n) is 3.84. The standard InChI is InChI=1S/C12H9N5O4/c18-16(19)10-5-6-12(13-8-10)15-14-7-9-3-1-2-4-11(9)17(20)21/h1-8H,(H,13,15)/b14-7-. The molecule has 0 saturated heterocycles. The molecule has 2 rings (SSSR count). The van der Waals surface area contributed by atoms with E-state index in [1.165, 1.54) is 24.4 Å². The van der Waals surface area contributed by atoms with Crippen molar-refractivity contribution in [3.63, 3.8) is 0 Å². The van der Waals surface area contributed by atoms with Crippen LogP contribution in [0.4, 0.5) is 17.2 Å². The van der Waals surface area contributed by atoms with Crippen LogP contribution in [0.2, 0.25) is 0 Å². The SMILES string of the molecule is O=[N+]([O-])c1ccc(N/N=C\c2ccccc2[N+](=O)[O-])nc1. The lowest BCUT2D eigenvalue weighted by atomic mass is 10.2. The van der Waals surface area contributed by atoms with E-state index in [2.05, 4.69) is 15.5 Å². The van der Waals surface area contributed by atoms with Crippen LogP contribution >= 0.6 is 0 Å². The van der Waals surface area contributed by atoms with Crippen molar-refractivity contribution in [2.45, 2.75) is 0 Å². The van der Waals surface area contributed by atoms with Crippen molar-refractivity contribution < 1.29 is 9.85 Å². The van der Waals surface area contributed by atoms with Gasteiger partial charge in [-0.3, -0.25) is 25.7 Å². The predicted molar refractivity (Wildman–Crippen MR) is 75.2 cm³/mol. The van der Waals surface area contributed by atoms with E-state index in [0.29, 0.717) is 5.56 Å². The van der Waals surface area contributed by atoms with Crippen molar-refractivity contribution in [1.29, 1.82) is 0 Å². The number of rotatable bonds is 5. The van der Waals surface area contributed by atoms with Gasteiger partial charge >= 0.3 is 0 Å². The number of benzene rings is 1. The van der Waals surface area contributed by atoms with Crippen LogP contribution in [0.5, 0.6) is 0 Å². The van der Waals surface area contributed by atoms with E-state index in [-0.39, 0.29) is 17.2 Å². The molecule has 0 aliphatic heterocycles. The van der Waals surface area contributed by atoms with Gasteiger partial charge in [0.2, 0.25) is 0 Å². The molecule has 0 fully saturated rings. The maximum absolute atomic E-state index is 10.8. The van der Waals surface area contributed by atoms with E-state index in [1.807, 2.05) is 0 Å². The molecule has 0 radical (unpaired) electrons. The molecule has 0 spiro atoms. The Hall–Kier alpha value is -3.36. The average molecular weight is 287 g/mol. The maximum atomic E-state index is 10.8. The molecule has 0 saturated carbocycles. The molecule has 0 unspecified atom stereocenters. The topological polar surface area (TPSA) is 124 Å². The van der Waals surface area contributed by atoms with Gasteiger partial charge in [-0.05, 0) is 12.1 Å². The summed E-state index contributed by atoms with van der Waals surface area (Å²) < 4.78 is 0. The summed E-state index contributed by atoms with van der Waals surface area (Å²) in [6.07, 6.45) is 2.37. The quantitative estimate of drug-likeness (QED) is 0.511. The number of nitro groups is 2. The Morgan fingerprint density at radius 2 is 1.86 bits per heavy atom. The summed E-state index contributed by atoms with van der Waals surface area (Å²) in [4.78, 5) is 24.0. The lowest BCUT2D eigenvalue weighted by Crippen LogP contribution is -1.97. The summed E-state index contributed by atoms with van der Waals surface area (Å²) >= 11 is 0. The van der Waals surface area contributed by atoms with E-state index in [4.69, 9.17) is 0 Å². The van der Waals surface area contributed by atoms with Gasteiger partial charge < -0.3 is 0 Å². The molecular formula is C12H9N5O4. The van der Waals surface area contributed by atoms with Crippen molar-refractivity contribution in [3.8, 4) is 0 Å². The highest BCUT2D eigenvalue weighted by Gasteiger charge is 2.10. The molecule has 1 N–H and O–H groups in total. The number of nitrogens with zero attached hydrogens (tertiary/aromatic N) is 4. The summed E-state index contributed by atoms with van der Waals surface area (Å²) in [7, 11) is 0. The van der Waals surface area contributed by atoms with Gasteiger partial charge in [-0.2, -0.15) is 5.10 Å². The summed E-state index contributed by atoms with van der Waals surface area (Å²) in [5, 5.41) is 25.1. The lowest BCUT2D eigenvalue weighted by molar-refractivity contribution is -0.385. The van der Waals surface area contributed by atoms with Gasteiger partial charge in [-0.25, -0.2) is 4.98 Å². The minimum atomic E-state index is -0.562. The number of anilines is 1. The van der Waals surface area contributed by atoms with Crippen LogP contribution in [-0.2, 0) is 0 Å². The zero-order valence-electron chi connectivity index (χ0n) is 10.5. The van der Waals surface area contributed by atoms with Gasteiger partial charge in [0.15, 0.2) is 0 Å². The van der Waals surface area contributed by atoms with Crippen molar-refractivity contribution in [2.75, 3.05) is 5.43 Å². The molecule has 106 valence electrons. The number of pyridine rings is 1. The number of nitro benzene ring substituents is 1. The third kappa shape index (κ3) is 3.56. The van der Waals surface area contributed by atoms with E-state index in [0.717, 1.165) is 6.20 Å². The van der Waals surface area contributed by atoms with Gasteiger partial charge in [-0.15, -0.1) is 0 Å². The fraction of sp³-hybridized carbons (Fsp3) is 0. The minimum Gasteiger partial charge on any atom is -0.261 e. The van der Waals surface area contributed by atoms with Gasteiger partial charge in [-0.1, -0.05) is 12.1 Å². The Kier molecular flexibility index (Phi) is 4.14. The summed E-state index contributed by atoms with van der Waals surface area (Å²) in [5.41, 5.74) is 2.66. The first kappa shape index (κ1) is 14.1. The van der Waals surface area contributed by atoms with Gasteiger partial charge in [0.05, 0.1) is 21.6 Å². The molecule has 0 aliphatic rings. The van der Waals surface area contributed by atoms with Crippen LogP contribution in [0.15, 0.2) is 47.7 Å². The van der Waals surface area contributed by atoms with Crippen LogP contribution in [0.3, 0.4) is 0 Å². The zero-order valence-corrected chi connectivity index (χ0v) is 10.5. The molecule has 1 aromatic carbocycles. The number of hydrogen-bond acceptors (Lipinski definition) is 7. The monoisotopic (exact) mass is 287 g/mol. The first-order chi connectivity index (χ1) is 10.1. The first-order valence-corrected chi connectivity index (χ1v) is 5.71. The van der Waals surface area contributed by atoms with Crippen molar-refractivity contribution in [2.24, 2.45) is 5.10 Å². The third-order valence-corrected chi connectivity index (χ3v) is 2.47. The fourth-order valence-electron chi connectivity index (χ4n) is 1.49. The number of hydrazone groups is 1. The zero-order chi connectivity index (χ0) is 15.2. The molecule has 0 atom stereocenters. The minimum absolute atomic E-state index is 0.0697.